The molecule has 0 amide bonds. The van der Waals surface area contributed by atoms with E-state index in [2.05, 4.69) is 0 Å². The molecule has 1 heterocycles. The van der Waals surface area contributed by atoms with Gasteiger partial charge in [-0.15, -0.1) is 0 Å². The number of nitrogens with two attached hydrogens (primary N) is 1. The Hall–Kier alpha value is -1.05. The van der Waals surface area contributed by atoms with Gasteiger partial charge < -0.3 is 5.73 Å². The fourth-order valence-corrected chi connectivity index (χ4v) is 3.62. The van der Waals surface area contributed by atoms with Crippen LogP contribution in [0.15, 0.2) is 23.1 Å². The zero-order valence-corrected chi connectivity index (χ0v) is 10.5. The Morgan fingerprint density at radius 3 is 2.72 bits per heavy atom. The van der Waals surface area contributed by atoms with Crippen molar-refractivity contribution in [2.75, 3.05) is 13.1 Å². The molecular weight excluding hydrogens is 262 g/mol. The van der Waals surface area contributed by atoms with Gasteiger partial charge in [0, 0.05) is 19.1 Å². The summed E-state index contributed by atoms with van der Waals surface area (Å²) in [6.07, 6.45) is 1.36. The van der Waals surface area contributed by atoms with Crippen molar-refractivity contribution in [3.63, 3.8) is 0 Å². The Bertz CT molecular complexity index is 548. The lowest BCUT2D eigenvalue weighted by Crippen LogP contribution is -2.45. The van der Waals surface area contributed by atoms with Crippen molar-refractivity contribution < 1.29 is 17.2 Å². The minimum Gasteiger partial charge on any atom is -0.327 e. The highest BCUT2D eigenvalue weighted by molar-refractivity contribution is 7.89. The Balaban J connectivity index is 2.39. The Morgan fingerprint density at radius 2 is 2.06 bits per heavy atom. The van der Waals surface area contributed by atoms with Crippen LogP contribution in [0, 0.1) is 11.6 Å². The van der Waals surface area contributed by atoms with E-state index < -0.39 is 26.6 Å². The van der Waals surface area contributed by atoms with Crippen LogP contribution in [0.1, 0.15) is 12.8 Å². The van der Waals surface area contributed by atoms with Crippen LogP contribution in [-0.4, -0.2) is 31.9 Å². The zero-order chi connectivity index (χ0) is 13.3. The van der Waals surface area contributed by atoms with E-state index in [1.165, 1.54) is 6.07 Å². The predicted octanol–water partition coefficient (Wildman–Crippen LogP) is 1.08. The van der Waals surface area contributed by atoms with Gasteiger partial charge in [0.05, 0.1) is 0 Å². The van der Waals surface area contributed by atoms with Crippen LogP contribution < -0.4 is 5.73 Å². The predicted molar refractivity (Wildman–Crippen MR) is 62.3 cm³/mol. The number of sulfonamides is 1. The fraction of sp³-hybridized carbons (Fsp3) is 0.455. The maximum atomic E-state index is 13.5. The second kappa shape index (κ2) is 4.91. The number of benzene rings is 1. The molecule has 0 radical (unpaired) electrons. The molecule has 1 saturated heterocycles. The molecule has 4 nitrogen and oxygen atoms in total. The lowest BCUT2D eigenvalue weighted by molar-refractivity contribution is 0.314. The van der Waals surface area contributed by atoms with Crippen LogP contribution >= 0.6 is 0 Å². The second-order valence-electron chi connectivity index (χ2n) is 4.32. The summed E-state index contributed by atoms with van der Waals surface area (Å²) in [4.78, 5) is -0.628. The number of hydrogen-bond donors (Lipinski definition) is 1. The number of nitrogens with zero attached hydrogens (tertiary/aromatic N) is 1. The molecule has 1 unspecified atom stereocenters. The first-order valence-corrected chi connectivity index (χ1v) is 7.06. The monoisotopic (exact) mass is 276 g/mol. The summed E-state index contributed by atoms with van der Waals surface area (Å²) in [6, 6.07) is 2.87. The molecule has 18 heavy (non-hydrogen) atoms. The van der Waals surface area contributed by atoms with E-state index >= 15 is 0 Å². The van der Waals surface area contributed by atoms with Crippen molar-refractivity contribution in [1.82, 2.24) is 4.31 Å². The third-order valence-electron chi connectivity index (χ3n) is 2.95. The Labute approximate surface area is 104 Å². The van der Waals surface area contributed by atoms with Crippen molar-refractivity contribution in [3.8, 4) is 0 Å². The van der Waals surface area contributed by atoms with Gasteiger partial charge in [0.25, 0.3) is 0 Å². The highest BCUT2D eigenvalue weighted by Gasteiger charge is 2.31. The molecule has 1 aliphatic rings. The molecule has 1 aromatic carbocycles. The maximum Gasteiger partial charge on any atom is 0.246 e. The van der Waals surface area contributed by atoms with Crippen LogP contribution in [-0.2, 0) is 10.0 Å². The number of rotatable bonds is 2. The van der Waals surface area contributed by atoms with Gasteiger partial charge in [-0.25, -0.2) is 17.2 Å². The summed E-state index contributed by atoms with van der Waals surface area (Å²) >= 11 is 0. The highest BCUT2D eigenvalue weighted by Crippen LogP contribution is 2.23. The first-order chi connectivity index (χ1) is 8.43. The van der Waals surface area contributed by atoms with Gasteiger partial charge in [0.15, 0.2) is 11.6 Å². The van der Waals surface area contributed by atoms with Crippen LogP contribution in [0.2, 0.25) is 0 Å². The second-order valence-corrected chi connectivity index (χ2v) is 6.22. The SMILES string of the molecule is NC1CCCN(S(=O)(=O)c2cccc(F)c2F)C1. The van der Waals surface area contributed by atoms with Gasteiger partial charge in [-0.05, 0) is 25.0 Å². The molecule has 7 heteroatoms. The van der Waals surface area contributed by atoms with Crippen LogP contribution in [0.3, 0.4) is 0 Å². The lowest BCUT2D eigenvalue weighted by Gasteiger charge is -2.29. The van der Waals surface area contributed by atoms with Crippen molar-refractivity contribution in [3.05, 3.63) is 29.8 Å². The maximum absolute atomic E-state index is 13.5. The third-order valence-corrected chi connectivity index (χ3v) is 4.84. The van der Waals surface area contributed by atoms with E-state index in [4.69, 9.17) is 5.73 Å². The average Bonchev–Trinajstić information content (AvgIpc) is 2.32. The van der Waals surface area contributed by atoms with Gasteiger partial charge in [-0.3, -0.25) is 0 Å². The van der Waals surface area contributed by atoms with Gasteiger partial charge >= 0.3 is 0 Å². The quantitative estimate of drug-likeness (QED) is 0.879. The minimum absolute atomic E-state index is 0.137. The molecule has 0 spiro atoms. The van der Waals surface area contributed by atoms with E-state index in [-0.39, 0.29) is 19.1 Å². The molecule has 0 aromatic heterocycles. The third kappa shape index (κ3) is 2.38. The van der Waals surface area contributed by atoms with E-state index in [9.17, 15) is 17.2 Å². The number of piperidine rings is 1. The van der Waals surface area contributed by atoms with E-state index in [1.54, 1.807) is 0 Å². The lowest BCUT2D eigenvalue weighted by atomic mass is 10.1. The van der Waals surface area contributed by atoms with E-state index in [1.807, 2.05) is 0 Å². The topological polar surface area (TPSA) is 63.4 Å². The molecular formula is C11H14F2N2O2S. The summed E-state index contributed by atoms with van der Waals surface area (Å²) < 4.78 is 52.1. The smallest absolute Gasteiger partial charge is 0.246 e. The molecule has 0 bridgehead atoms. The fourth-order valence-electron chi connectivity index (χ4n) is 2.01. The average molecular weight is 276 g/mol. The minimum atomic E-state index is -4.01. The molecule has 1 atom stereocenters. The van der Waals surface area contributed by atoms with Crippen LogP contribution in [0.5, 0.6) is 0 Å². The van der Waals surface area contributed by atoms with Crippen molar-refractivity contribution >= 4 is 10.0 Å². The normalized spacial score (nSPS) is 22.1. The summed E-state index contributed by atoms with van der Waals surface area (Å²) in [5.74, 6) is -2.51. The van der Waals surface area contributed by atoms with Gasteiger partial charge in [-0.2, -0.15) is 4.31 Å². The molecule has 2 rings (SSSR count). The van der Waals surface area contributed by atoms with E-state index in [0.29, 0.717) is 6.42 Å². The largest absolute Gasteiger partial charge is 0.327 e. The van der Waals surface area contributed by atoms with Gasteiger partial charge in [0.1, 0.15) is 4.90 Å². The molecule has 1 aliphatic heterocycles. The number of halogens is 2. The Morgan fingerprint density at radius 1 is 1.33 bits per heavy atom. The van der Waals surface area contributed by atoms with Crippen LogP contribution in [0.4, 0.5) is 8.78 Å². The standard InChI is InChI=1S/C11H14F2N2O2S/c12-9-4-1-5-10(11(9)13)18(16,17)15-6-2-3-8(14)7-15/h1,4-5,8H,2-3,6-7,14H2. The summed E-state index contributed by atoms with van der Waals surface area (Å²) in [5.41, 5.74) is 5.69. The number of hydrogen-bond acceptors (Lipinski definition) is 3. The van der Waals surface area contributed by atoms with Crippen molar-refractivity contribution in [2.24, 2.45) is 5.73 Å². The summed E-state index contributed by atoms with van der Waals surface area (Å²) in [7, 11) is -4.01. The van der Waals surface area contributed by atoms with Crippen molar-refractivity contribution in [1.29, 1.82) is 0 Å². The first kappa shape index (κ1) is 13.4. The first-order valence-electron chi connectivity index (χ1n) is 5.62. The van der Waals surface area contributed by atoms with E-state index in [0.717, 1.165) is 22.9 Å². The summed E-state index contributed by atoms with van der Waals surface area (Å²) in [5, 5.41) is 0. The molecule has 1 fully saturated rings. The zero-order valence-electron chi connectivity index (χ0n) is 9.64. The molecule has 100 valence electrons. The highest BCUT2D eigenvalue weighted by atomic mass is 32.2. The van der Waals surface area contributed by atoms with Crippen LogP contribution in [0.25, 0.3) is 0 Å². The molecule has 2 N–H and O–H groups in total. The Kier molecular flexibility index (Phi) is 3.65. The summed E-state index contributed by atoms with van der Waals surface area (Å²) in [6.45, 7) is 0.421. The van der Waals surface area contributed by atoms with Gasteiger partial charge in [-0.1, -0.05) is 6.07 Å². The van der Waals surface area contributed by atoms with Gasteiger partial charge in [0.2, 0.25) is 10.0 Å². The molecule has 0 saturated carbocycles. The molecule has 0 aliphatic carbocycles. The molecule has 1 aromatic rings. The van der Waals surface area contributed by atoms with Crippen molar-refractivity contribution in [2.45, 2.75) is 23.8 Å².